The Labute approximate surface area is 224 Å². The highest BCUT2D eigenvalue weighted by Crippen LogP contribution is 2.08. The minimum absolute atomic E-state index is 0.00993. The second-order valence-corrected chi connectivity index (χ2v) is 12.7. The number of carbonyl (C=O) groups excluding carboxylic acids is 2. The van der Waals surface area contributed by atoms with Gasteiger partial charge in [0.05, 0.1) is 23.4 Å². The predicted molar refractivity (Wildman–Crippen MR) is 153 cm³/mol. The lowest BCUT2D eigenvalue weighted by molar-refractivity contribution is -0.129. The van der Waals surface area contributed by atoms with Gasteiger partial charge >= 0.3 is 0 Å². The molecule has 36 heavy (non-hydrogen) atoms. The number of ether oxygens (including phenoxy) is 3. The van der Waals surface area contributed by atoms with Crippen LogP contribution >= 0.6 is 0 Å². The van der Waals surface area contributed by atoms with Crippen LogP contribution in [-0.2, 0) is 23.8 Å². The van der Waals surface area contributed by atoms with Crippen LogP contribution in [0.3, 0.4) is 0 Å². The Morgan fingerprint density at radius 1 is 0.583 bits per heavy atom. The minimum Gasteiger partial charge on any atom is -0.375 e. The van der Waals surface area contributed by atoms with E-state index in [1.807, 2.05) is 69.7 Å². The van der Waals surface area contributed by atoms with Crippen molar-refractivity contribution in [2.24, 2.45) is 0 Å². The molecular formula is C29H62N2O5. The molecule has 0 radical (unpaired) electrons. The monoisotopic (exact) mass is 518 g/mol. The molecule has 0 atom stereocenters. The normalized spacial score (nSPS) is 12.1. The van der Waals surface area contributed by atoms with Crippen LogP contribution in [0.4, 0.5) is 0 Å². The van der Waals surface area contributed by atoms with Gasteiger partial charge < -0.3 is 24.0 Å². The van der Waals surface area contributed by atoms with Gasteiger partial charge in [-0.05, 0) is 110 Å². The number of unbranched alkanes of at least 4 members (excludes halogenated alkanes) is 1. The summed E-state index contributed by atoms with van der Waals surface area (Å²) in [6.45, 7) is 23.3. The van der Waals surface area contributed by atoms with E-state index in [-0.39, 0.29) is 41.6 Å². The molecular weight excluding hydrogens is 456 g/mol. The first kappa shape index (κ1) is 39.6. The van der Waals surface area contributed by atoms with Crippen LogP contribution in [0, 0.1) is 0 Å². The van der Waals surface area contributed by atoms with Gasteiger partial charge in [-0.3, -0.25) is 9.59 Å². The number of rotatable bonds is 14. The van der Waals surface area contributed by atoms with E-state index in [0.717, 1.165) is 39.0 Å². The van der Waals surface area contributed by atoms with Crippen molar-refractivity contribution < 1.29 is 23.8 Å². The first-order valence-corrected chi connectivity index (χ1v) is 13.4. The van der Waals surface area contributed by atoms with Crippen molar-refractivity contribution in [2.75, 3.05) is 61.1 Å². The zero-order valence-electron chi connectivity index (χ0n) is 26.5. The quantitative estimate of drug-likeness (QED) is 0.295. The third-order valence-corrected chi connectivity index (χ3v) is 4.28. The minimum atomic E-state index is -0.211. The third-order valence-electron chi connectivity index (χ3n) is 4.28. The summed E-state index contributed by atoms with van der Waals surface area (Å²) in [5.74, 6) is 0.411. The van der Waals surface area contributed by atoms with Crippen molar-refractivity contribution >= 4 is 11.6 Å². The molecule has 0 aromatic rings. The SMILES string of the molecule is CCCCC(=O)COC(C)(C)C.CN(C)CCCC(=O)COC(C)(C)C.CN(C)CCOC(C)(C)C. The Bertz CT molecular complexity index is 541. The van der Waals surface area contributed by atoms with Crippen molar-refractivity contribution in [3.8, 4) is 0 Å². The summed E-state index contributed by atoms with van der Waals surface area (Å²) in [5, 5.41) is 0. The number of Topliss-reactive ketones (excluding diaryl/α,β-unsaturated/α-hetero) is 2. The lowest BCUT2D eigenvalue weighted by Gasteiger charge is -2.20. The first-order valence-electron chi connectivity index (χ1n) is 13.4. The molecule has 0 rings (SSSR count). The largest absolute Gasteiger partial charge is 0.375 e. The summed E-state index contributed by atoms with van der Waals surface area (Å²) >= 11 is 0. The number of likely N-dealkylation sites (N-methyl/N-ethyl adjacent to an activating group) is 1. The van der Waals surface area contributed by atoms with Crippen LogP contribution < -0.4 is 0 Å². The summed E-state index contributed by atoms with van der Waals surface area (Å²) in [5.41, 5.74) is -0.394. The van der Waals surface area contributed by atoms with Crippen LogP contribution in [-0.4, -0.2) is 99.3 Å². The summed E-state index contributed by atoms with van der Waals surface area (Å²) in [4.78, 5) is 26.6. The molecule has 0 heterocycles. The Morgan fingerprint density at radius 2 is 0.944 bits per heavy atom. The maximum Gasteiger partial charge on any atom is 0.158 e. The summed E-state index contributed by atoms with van der Waals surface area (Å²) in [6, 6.07) is 0. The molecule has 0 aromatic heterocycles. The van der Waals surface area contributed by atoms with Crippen molar-refractivity contribution in [1.29, 1.82) is 0 Å². The number of ketones is 2. The Balaban J connectivity index is -0.000000460. The average Bonchev–Trinajstić information content (AvgIpc) is 2.67. The Hall–Kier alpha value is -0.860. The van der Waals surface area contributed by atoms with Crippen molar-refractivity contribution in [1.82, 2.24) is 9.80 Å². The van der Waals surface area contributed by atoms with Crippen LogP contribution in [0.15, 0.2) is 0 Å². The van der Waals surface area contributed by atoms with Gasteiger partial charge in [-0.2, -0.15) is 0 Å². The average molecular weight is 519 g/mol. The van der Waals surface area contributed by atoms with Gasteiger partial charge in [0.2, 0.25) is 0 Å². The number of hydrogen-bond donors (Lipinski definition) is 0. The van der Waals surface area contributed by atoms with Crippen LogP contribution in [0.5, 0.6) is 0 Å². The lowest BCUT2D eigenvalue weighted by Crippen LogP contribution is -2.25. The van der Waals surface area contributed by atoms with E-state index in [2.05, 4.69) is 37.5 Å². The molecule has 0 aliphatic heterocycles. The van der Waals surface area contributed by atoms with Crippen molar-refractivity contribution in [3.05, 3.63) is 0 Å². The molecule has 0 amide bonds. The molecule has 0 aliphatic carbocycles. The van der Waals surface area contributed by atoms with Gasteiger partial charge in [0.1, 0.15) is 13.2 Å². The number of hydrogen-bond acceptors (Lipinski definition) is 7. The van der Waals surface area contributed by atoms with E-state index in [4.69, 9.17) is 14.2 Å². The third kappa shape index (κ3) is 43.2. The van der Waals surface area contributed by atoms with Crippen molar-refractivity contribution in [2.45, 2.75) is 118 Å². The van der Waals surface area contributed by atoms with Crippen LogP contribution in [0.1, 0.15) is 101 Å². The van der Waals surface area contributed by atoms with Crippen LogP contribution in [0.2, 0.25) is 0 Å². The molecule has 0 bridgehead atoms. The molecule has 0 saturated heterocycles. The summed E-state index contributed by atoms with van der Waals surface area (Å²) in [7, 11) is 8.12. The van der Waals surface area contributed by atoms with Gasteiger partial charge in [0.15, 0.2) is 11.6 Å². The standard InChI is InChI=1S/C11H23NO2.C10H20O2.C8H19NO/c1-11(2,3)14-9-10(13)7-6-8-12(4)5;1-5-6-7-9(11)8-12-10(2,3)4;1-8(2,3)10-7-6-9(4)5/h6-9H2,1-5H3;5-8H2,1-4H3;6-7H2,1-5H3. The zero-order chi connectivity index (χ0) is 29.0. The fourth-order valence-electron chi connectivity index (χ4n) is 2.24. The van der Waals surface area contributed by atoms with E-state index < -0.39 is 0 Å². The zero-order valence-corrected chi connectivity index (χ0v) is 26.5. The molecule has 0 saturated carbocycles. The lowest BCUT2D eigenvalue weighted by atomic mass is 10.1. The van der Waals surface area contributed by atoms with E-state index in [1.165, 1.54) is 0 Å². The van der Waals surface area contributed by atoms with E-state index in [0.29, 0.717) is 12.8 Å². The van der Waals surface area contributed by atoms with E-state index in [1.54, 1.807) is 0 Å². The molecule has 7 heteroatoms. The highest BCUT2D eigenvalue weighted by molar-refractivity contribution is 5.79. The molecule has 218 valence electrons. The predicted octanol–water partition coefficient (Wildman–Crippen LogP) is 5.64. The second kappa shape index (κ2) is 21.1. The van der Waals surface area contributed by atoms with Gasteiger partial charge in [-0.15, -0.1) is 0 Å². The molecule has 0 spiro atoms. The van der Waals surface area contributed by atoms with E-state index in [9.17, 15) is 9.59 Å². The smallest absolute Gasteiger partial charge is 0.158 e. The maximum absolute atomic E-state index is 11.3. The van der Waals surface area contributed by atoms with Gasteiger partial charge in [-0.1, -0.05) is 13.3 Å². The van der Waals surface area contributed by atoms with E-state index >= 15 is 0 Å². The molecule has 7 nitrogen and oxygen atoms in total. The molecule has 0 aliphatic rings. The first-order chi connectivity index (χ1) is 16.2. The summed E-state index contributed by atoms with van der Waals surface area (Å²) in [6.07, 6.45) is 4.24. The molecule has 0 fully saturated rings. The van der Waals surface area contributed by atoms with Crippen LogP contribution in [0.25, 0.3) is 0 Å². The summed E-state index contributed by atoms with van der Waals surface area (Å²) < 4.78 is 16.2. The maximum atomic E-state index is 11.3. The highest BCUT2D eigenvalue weighted by Gasteiger charge is 2.13. The van der Waals surface area contributed by atoms with Gasteiger partial charge in [0.25, 0.3) is 0 Å². The fourth-order valence-corrected chi connectivity index (χ4v) is 2.24. The van der Waals surface area contributed by atoms with Crippen molar-refractivity contribution in [3.63, 3.8) is 0 Å². The fraction of sp³-hybridized carbons (Fsp3) is 0.931. The van der Waals surface area contributed by atoms with Gasteiger partial charge in [-0.25, -0.2) is 0 Å². The Kier molecular flexibility index (Phi) is 23.3. The van der Waals surface area contributed by atoms with Gasteiger partial charge in [0, 0.05) is 19.4 Å². The second-order valence-electron chi connectivity index (χ2n) is 12.7. The number of carbonyl (C=O) groups is 2. The molecule has 0 unspecified atom stereocenters. The Morgan fingerprint density at radius 3 is 1.25 bits per heavy atom. The molecule has 0 aromatic carbocycles. The molecule has 0 N–H and O–H groups in total. The topological polar surface area (TPSA) is 68.3 Å². The highest BCUT2D eigenvalue weighted by atomic mass is 16.5. The number of nitrogens with zero attached hydrogens (tertiary/aromatic N) is 2.